The summed E-state index contributed by atoms with van der Waals surface area (Å²) < 4.78 is 47.7. The van der Waals surface area contributed by atoms with E-state index >= 15 is 0 Å². The first kappa shape index (κ1) is 27.9. The van der Waals surface area contributed by atoms with Crippen LogP contribution < -0.4 is 9.64 Å². The Morgan fingerprint density at radius 1 is 1.19 bits per heavy atom. The summed E-state index contributed by atoms with van der Waals surface area (Å²) >= 11 is 10.00. The SMILES string of the molecule is Cc1c(Br)c(Cl)cc2c(N3CCCOCC3)nc(OC[C@]3(CO[Si](C)(C)C(C)(C)C)CC3(F)F)nc12. The summed E-state index contributed by atoms with van der Waals surface area (Å²) in [6.07, 6.45) is 0.587. The molecule has 6 nitrogen and oxygen atoms in total. The van der Waals surface area contributed by atoms with Crippen molar-refractivity contribution in [1.82, 2.24) is 9.97 Å². The monoisotopic (exact) mass is 605 g/mol. The third-order valence-corrected chi connectivity index (χ3v) is 13.8. The van der Waals surface area contributed by atoms with Gasteiger partial charge in [0, 0.05) is 42.6 Å². The first-order valence-corrected chi connectivity index (χ1v) is 16.4. The average molecular weight is 607 g/mol. The van der Waals surface area contributed by atoms with Gasteiger partial charge < -0.3 is 18.8 Å². The molecule has 2 aliphatic rings. The average Bonchev–Trinajstić information content (AvgIpc) is 3.45. The van der Waals surface area contributed by atoms with Crippen LogP contribution in [-0.4, -0.2) is 63.7 Å². The molecule has 1 saturated carbocycles. The van der Waals surface area contributed by atoms with Crippen LogP contribution in [0, 0.1) is 12.3 Å². The molecule has 4 rings (SSSR count). The summed E-state index contributed by atoms with van der Waals surface area (Å²) in [5.41, 5.74) is 0.142. The van der Waals surface area contributed by atoms with Gasteiger partial charge in [0.05, 0.1) is 22.6 Å². The molecule has 2 heterocycles. The molecule has 0 amide bonds. The van der Waals surface area contributed by atoms with Gasteiger partial charge in [-0.15, -0.1) is 0 Å². The number of benzene rings is 1. The lowest BCUT2D eigenvalue weighted by molar-refractivity contribution is 0.0152. The number of ether oxygens (including phenoxy) is 2. The molecule has 1 aliphatic heterocycles. The van der Waals surface area contributed by atoms with Crippen LogP contribution in [0.15, 0.2) is 10.5 Å². The van der Waals surface area contributed by atoms with Gasteiger partial charge in [-0.05, 0) is 59.0 Å². The zero-order chi connectivity index (χ0) is 26.5. The molecule has 1 atom stereocenters. The smallest absolute Gasteiger partial charge is 0.318 e. The molecular weight excluding hydrogens is 572 g/mol. The van der Waals surface area contributed by atoms with E-state index < -0.39 is 19.7 Å². The van der Waals surface area contributed by atoms with Gasteiger partial charge in [-0.3, -0.25) is 0 Å². The summed E-state index contributed by atoms with van der Waals surface area (Å²) in [6.45, 7) is 14.7. The third kappa shape index (κ3) is 5.39. The van der Waals surface area contributed by atoms with Crippen molar-refractivity contribution in [3.8, 4) is 6.01 Å². The minimum Gasteiger partial charge on any atom is -0.462 e. The second-order valence-electron chi connectivity index (χ2n) is 11.5. The molecule has 1 aromatic carbocycles. The predicted octanol–water partition coefficient (Wildman–Crippen LogP) is 7.01. The minimum atomic E-state index is -2.84. The number of halogens is 4. The van der Waals surface area contributed by atoms with E-state index in [4.69, 9.17) is 30.5 Å². The van der Waals surface area contributed by atoms with Gasteiger partial charge >= 0.3 is 6.01 Å². The number of aromatic nitrogens is 2. The number of anilines is 1. The lowest BCUT2D eigenvalue weighted by Crippen LogP contribution is -2.43. The Bertz CT molecular complexity index is 1140. The van der Waals surface area contributed by atoms with E-state index in [0.717, 1.165) is 28.4 Å². The van der Waals surface area contributed by atoms with E-state index in [9.17, 15) is 8.78 Å². The zero-order valence-electron chi connectivity index (χ0n) is 21.8. The summed E-state index contributed by atoms with van der Waals surface area (Å²) in [5, 5.41) is 1.28. The maximum Gasteiger partial charge on any atom is 0.318 e. The fraction of sp³-hybridized carbons (Fsp3) is 0.680. The van der Waals surface area contributed by atoms with Crippen LogP contribution in [-0.2, 0) is 9.16 Å². The van der Waals surface area contributed by atoms with Crippen molar-refractivity contribution in [2.45, 2.75) is 64.6 Å². The van der Waals surface area contributed by atoms with E-state index in [-0.39, 0.29) is 30.7 Å². The zero-order valence-corrected chi connectivity index (χ0v) is 25.2. The van der Waals surface area contributed by atoms with Crippen molar-refractivity contribution in [2.75, 3.05) is 44.4 Å². The first-order chi connectivity index (χ1) is 16.7. The highest BCUT2D eigenvalue weighted by Gasteiger charge is 2.72. The van der Waals surface area contributed by atoms with Gasteiger partial charge in [0.1, 0.15) is 12.4 Å². The highest BCUT2D eigenvalue weighted by molar-refractivity contribution is 9.10. The lowest BCUT2D eigenvalue weighted by Gasteiger charge is -2.37. The number of hydrogen-bond acceptors (Lipinski definition) is 6. The molecule has 0 bridgehead atoms. The van der Waals surface area contributed by atoms with Gasteiger partial charge in [-0.25, -0.2) is 8.78 Å². The Kier molecular flexibility index (Phi) is 7.69. The summed E-state index contributed by atoms with van der Waals surface area (Å²) in [4.78, 5) is 11.4. The van der Waals surface area contributed by atoms with Crippen molar-refractivity contribution in [3.63, 3.8) is 0 Å². The van der Waals surface area contributed by atoms with Gasteiger partial charge in [-0.2, -0.15) is 9.97 Å². The lowest BCUT2D eigenvalue weighted by atomic mass is 10.1. The molecule has 0 spiro atoms. The quantitative estimate of drug-likeness (QED) is 0.316. The van der Waals surface area contributed by atoms with Gasteiger partial charge in [0.15, 0.2) is 8.32 Å². The Labute approximate surface area is 226 Å². The Morgan fingerprint density at radius 2 is 1.89 bits per heavy atom. The van der Waals surface area contributed by atoms with E-state index in [0.29, 0.717) is 36.1 Å². The molecule has 2 aromatic rings. The Hall–Kier alpha value is -1.07. The normalized spacial score (nSPS) is 22.6. The van der Waals surface area contributed by atoms with Crippen LogP contribution >= 0.6 is 27.5 Å². The molecular formula is C25H35BrClF2N3O3Si. The predicted molar refractivity (Wildman–Crippen MR) is 145 cm³/mol. The van der Waals surface area contributed by atoms with Crippen LogP contribution in [0.25, 0.3) is 10.9 Å². The van der Waals surface area contributed by atoms with Crippen molar-refractivity contribution >= 4 is 52.6 Å². The summed E-state index contributed by atoms with van der Waals surface area (Å²) in [5.74, 6) is -2.17. The minimum absolute atomic E-state index is 0.0411. The molecule has 0 N–H and O–H groups in total. The second-order valence-corrected chi connectivity index (χ2v) is 17.5. The van der Waals surface area contributed by atoms with Crippen LogP contribution in [0.1, 0.15) is 39.2 Å². The number of alkyl halides is 2. The largest absolute Gasteiger partial charge is 0.462 e. The molecule has 1 aliphatic carbocycles. The maximum atomic E-state index is 14.6. The van der Waals surface area contributed by atoms with Crippen molar-refractivity contribution < 1.29 is 22.7 Å². The molecule has 1 saturated heterocycles. The third-order valence-electron chi connectivity index (χ3n) is 7.80. The molecule has 2 fully saturated rings. The maximum absolute atomic E-state index is 14.6. The van der Waals surface area contributed by atoms with Crippen LogP contribution in [0.4, 0.5) is 14.6 Å². The molecule has 36 heavy (non-hydrogen) atoms. The van der Waals surface area contributed by atoms with E-state index in [1.54, 1.807) is 0 Å². The van der Waals surface area contributed by atoms with Gasteiger partial charge in [0.25, 0.3) is 5.92 Å². The fourth-order valence-corrected chi connectivity index (χ4v) is 5.69. The van der Waals surface area contributed by atoms with Crippen molar-refractivity contribution in [3.05, 3.63) is 21.1 Å². The van der Waals surface area contributed by atoms with Crippen LogP contribution in [0.2, 0.25) is 23.2 Å². The highest BCUT2D eigenvalue weighted by atomic mass is 79.9. The highest BCUT2D eigenvalue weighted by Crippen LogP contribution is 2.61. The summed E-state index contributed by atoms with van der Waals surface area (Å²) in [6, 6.07) is 1.91. The number of fused-ring (bicyclic) bond motifs is 1. The van der Waals surface area contributed by atoms with Gasteiger partial charge in [0.2, 0.25) is 0 Å². The van der Waals surface area contributed by atoms with E-state index in [2.05, 4.69) is 59.7 Å². The number of hydrogen-bond donors (Lipinski definition) is 0. The number of nitrogens with zero attached hydrogens (tertiary/aromatic N) is 3. The summed E-state index contributed by atoms with van der Waals surface area (Å²) in [7, 11) is -2.19. The molecule has 0 radical (unpaired) electrons. The molecule has 1 aromatic heterocycles. The number of rotatable bonds is 7. The first-order valence-electron chi connectivity index (χ1n) is 12.3. The topological polar surface area (TPSA) is 56.7 Å². The van der Waals surface area contributed by atoms with Crippen molar-refractivity contribution in [2.24, 2.45) is 5.41 Å². The molecule has 200 valence electrons. The second kappa shape index (κ2) is 9.91. The Morgan fingerprint density at radius 3 is 2.53 bits per heavy atom. The van der Waals surface area contributed by atoms with E-state index in [1.165, 1.54) is 0 Å². The number of aryl methyl sites for hydroxylation is 1. The Balaban J connectivity index is 1.64. The standard InChI is InChI=1S/C25H35BrClF2N3O3Si/c1-16-19(26)18(27)12-17-20(16)30-22(31-21(17)32-8-7-10-33-11-9-32)34-14-24(13-25(24,28)29)15-35-36(5,6)23(2,3)4/h12H,7-11,13-15H2,1-6H3/t24-/m0/s1. The van der Waals surface area contributed by atoms with Crippen LogP contribution in [0.3, 0.4) is 0 Å². The van der Waals surface area contributed by atoms with Crippen molar-refractivity contribution in [1.29, 1.82) is 0 Å². The molecule has 0 unspecified atom stereocenters. The molecule has 11 heteroatoms. The van der Waals surface area contributed by atoms with E-state index in [1.807, 2.05) is 13.0 Å². The fourth-order valence-electron chi connectivity index (χ4n) is 4.07. The van der Waals surface area contributed by atoms with Gasteiger partial charge in [-0.1, -0.05) is 32.4 Å². The van der Waals surface area contributed by atoms with Crippen LogP contribution in [0.5, 0.6) is 6.01 Å².